The Hall–Kier alpha value is -3.67. The van der Waals surface area contributed by atoms with Crippen LogP contribution in [0.2, 0.25) is 0 Å². The molecule has 2 atom stereocenters. The minimum atomic E-state index is -3.84. The van der Waals surface area contributed by atoms with Gasteiger partial charge in [-0.2, -0.15) is 0 Å². The van der Waals surface area contributed by atoms with E-state index < -0.39 is 27.7 Å². The van der Waals surface area contributed by atoms with Crippen LogP contribution in [0.15, 0.2) is 40.9 Å². The molecule has 1 aliphatic rings. The molecule has 2 heterocycles. The number of halogens is 1. The molecule has 0 saturated heterocycles. The largest absolute Gasteiger partial charge is 0.492 e. The van der Waals surface area contributed by atoms with Gasteiger partial charge in [-0.15, -0.1) is 0 Å². The van der Waals surface area contributed by atoms with E-state index in [0.717, 1.165) is 19.3 Å². The normalized spacial score (nSPS) is 17.7. The zero-order chi connectivity index (χ0) is 27.3. The smallest absolute Gasteiger partial charge is 0.306 e. The SMILES string of the molecule is Cc1nc(-c2onc(C)c2NS(=O)(=O)CCOc2ccc(F)cc2)ccc1OCC1CCCCC1C(=O)O. The highest BCUT2D eigenvalue weighted by atomic mass is 32.2. The van der Waals surface area contributed by atoms with Crippen LogP contribution in [0.4, 0.5) is 10.1 Å². The van der Waals surface area contributed by atoms with Crippen molar-refractivity contribution < 1.29 is 36.7 Å². The van der Waals surface area contributed by atoms with Crippen molar-refractivity contribution in [3.8, 4) is 23.0 Å². The lowest BCUT2D eigenvalue weighted by Gasteiger charge is -2.28. The first-order valence-electron chi connectivity index (χ1n) is 12.3. The Balaban J connectivity index is 1.41. The van der Waals surface area contributed by atoms with Gasteiger partial charge in [0.2, 0.25) is 15.8 Å². The zero-order valence-electron chi connectivity index (χ0n) is 21.1. The van der Waals surface area contributed by atoms with Crippen LogP contribution < -0.4 is 14.2 Å². The molecule has 1 aromatic carbocycles. The molecule has 0 radical (unpaired) electrons. The summed E-state index contributed by atoms with van der Waals surface area (Å²) in [5.74, 6) is -1.02. The van der Waals surface area contributed by atoms with E-state index in [2.05, 4.69) is 14.9 Å². The predicted octanol–water partition coefficient (Wildman–Crippen LogP) is 4.58. The molecular formula is C26H30FN3O7S. The number of aromatic nitrogens is 2. The van der Waals surface area contributed by atoms with Crippen LogP contribution in [0.1, 0.15) is 37.1 Å². The number of aryl methyl sites for hydroxylation is 2. The van der Waals surface area contributed by atoms with Crippen LogP contribution in [-0.4, -0.2) is 48.6 Å². The molecule has 12 heteroatoms. The van der Waals surface area contributed by atoms with E-state index in [0.29, 0.717) is 35.0 Å². The second kappa shape index (κ2) is 11.8. The third-order valence-electron chi connectivity index (χ3n) is 6.50. The molecule has 4 rings (SSSR count). The maximum absolute atomic E-state index is 13.0. The molecule has 2 N–H and O–H groups in total. The van der Waals surface area contributed by atoms with Crippen molar-refractivity contribution in [1.82, 2.24) is 10.1 Å². The maximum atomic E-state index is 13.0. The molecule has 10 nitrogen and oxygen atoms in total. The standard InChI is InChI=1S/C26H30FN3O7S/c1-16-23(36-15-18-5-3-4-6-21(18)26(31)32)12-11-22(28-16)25-24(17(2)29-37-25)30-38(33,34)14-13-35-20-9-7-19(27)8-10-20/h7-12,18,21,30H,3-6,13-15H2,1-2H3,(H,31,32). The number of pyridine rings is 1. The summed E-state index contributed by atoms with van der Waals surface area (Å²) in [6.07, 6.45) is 3.35. The number of hydrogen-bond acceptors (Lipinski definition) is 8. The number of benzene rings is 1. The Morgan fingerprint density at radius 2 is 1.84 bits per heavy atom. The molecule has 0 amide bonds. The summed E-state index contributed by atoms with van der Waals surface area (Å²) in [7, 11) is -3.84. The van der Waals surface area contributed by atoms with E-state index in [1.165, 1.54) is 24.3 Å². The van der Waals surface area contributed by atoms with Crippen LogP contribution in [-0.2, 0) is 14.8 Å². The first-order valence-corrected chi connectivity index (χ1v) is 14.0. The molecular weight excluding hydrogens is 517 g/mol. The number of anilines is 1. The second-order valence-electron chi connectivity index (χ2n) is 9.28. The van der Waals surface area contributed by atoms with E-state index in [1.54, 1.807) is 26.0 Å². The van der Waals surface area contributed by atoms with E-state index in [9.17, 15) is 22.7 Å². The molecule has 0 aliphatic heterocycles. The number of carboxylic acid groups (broad SMARTS) is 1. The lowest BCUT2D eigenvalue weighted by Crippen LogP contribution is -2.31. The van der Waals surface area contributed by atoms with Crippen molar-refractivity contribution in [1.29, 1.82) is 0 Å². The fraction of sp³-hybridized carbons (Fsp3) is 0.423. The first-order chi connectivity index (χ1) is 18.1. The molecule has 0 spiro atoms. The van der Waals surface area contributed by atoms with Crippen LogP contribution >= 0.6 is 0 Å². The minimum absolute atomic E-state index is 0.0645. The van der Waals surface area contributed by atoms with E-state index >= 15 is 0 Å². The average Bonchev–Trinajstić information content (AvgIpc) is 3.23. The number of carboxylic acids is 1. The van der Waals surface area contributed by atoms with Crippen molar-refractivity contribution in [2.75, 3.05) is 23.7 Å². The van der Waals surface area contributed by atoms with Gasteiger partial charge in [0.15, 0.2) is 0 Å². The average molecular weight is 548 g/mol. The van der Waals surface area contributed by atoms with Crippen LogP contribution in [0.3, 0.4) is 0 Å². The summed E-state index contributed by atoms with van der Waals surface area (Å²) < 4.78 is 57.6. The van der Waals surface area contributed by atoms with Gasteiger partial charge in [0, 0.05) is 5.92 Å². The van der Waals surface area contributed by atoms with Gasteiger partial charge < -0.3 is 19.1 Å². The lowest BCUT2D eigenvalue weighted by molar-refractivity contribution is -0.145. The van der Waals surface area contributed by atoms with Gasteiger partial charge in [-0.05, 0) is 63.1 Å². The fourth-order valence-electron chi connectivity index (χ4n) is 4.43. The second-order valence-corrected chi connectivity index (χ2v) is 11.1. The first kappa shape index (κ1) is 27.4. The highest BCUT2D eigenvalue weighted by Crippen LogP contribution is 2.34. The van der Waals surface area contributed by atoms with Gasteiger partial charge in [-0.3, -0.25) is 9.52 Å². The molecule has 1 aliphatic carbocycles. The Morgan fingerprint density at radius 3 is 2.55 bits per heavy atom. The summed E-state index contributed by atoms with van der Waals surface area (Å²) in [5.41, 5.74) is 1.40. The number of nitrogens with one attached hydrogen (secondary N) is 1. The summed E-state index contributed by atoms with van der Waals surface area (Å²) >= 11 is 0. The van der Waals surface area contributed by atoms with Crippen molar-refractivity contribution in [3.63, 3.8) is 0 Å². The molecule has 2 aromatic heterocycles. The Bertz CT molecular complexity index is 1380. The number of hydrogen-bond donors (Lipinski definition) is 2. The topological polar surface area (TPSA) is 141 Å². The van der Waals surface area contributed by atoms with Crippen molar-refractivity contribution >= 4 is 21.7 Å². The van der Waals surface area contributed by atoms with Crippen molar-refractivity contribution in [2.45, 2.75) is 39.5 Å². The lowest BCUT2D eigenvalue weighted by atomic mass is 9.80. The van der Waals surface area contributed by atoms with Crippen LogP contribution in [0, 0.1) is 31.5 Å². The number of carbonyl (C=O) groups is 1. The van der Waals surface area contributed by atoms with Crippen molar-refractivity contribution in [3.05, 3.63) is 53.6 Å². The predicted molar refractivity (Wildman–Crippen MR) is 137 cm³/mol. The molecule has 204 valence electrons. The third-order valence-corrected chi connectivity index (χ3v) is 7.72. The number of nitrogens with zero attached hydrogens (tertiary/aromatic N) is 2. The molecule has 3 aromatic rings. The van der Waals surface area contributed by atoms with Gasteiger partial charge in [0.1, 0.15) is 46.8 Å². The molecule has 1 saturated carbocycles. The summed E-state index contributed by atoms with van der Waals surface area (Å²) in [5, 5.41) is 13.4. The molecule has 38 heavy (non-hydrogen) atoms. The number of sulfonamides is 1. The zero-order valence-corrected chi connectivity index (χ0v) is 22.0. The maximum Gasteiger partial charge on any atom is 0.306 e. The highest BCUT2D eigenvalue weighted by molar-refractivity contribution is 7.92. The fourth-order valence-corrected chi connectivity index (χ4v) is 5.38. The monoisotopic (exact) mass is 547 g/mol. The summed E-state index contributed by atoms with van der Waals surface area (Å²) in [4.78, 5) is 16.1. The van der Waals surface area contributed by atoms with Crippen LogP contribution in [0.25, 0.3) is 11.5 Å². The van der Waals surface area contributed by atoms with E-state index in [1.807, 2.05) is 0 Å². The van der Waals surface area contributed by atoms with E-state index in [-0.39, 0.29) is 36.3 Å². The quantitative estimate of drug-likeness (QED) is 0.353. The van der Waals surface area contributed by atoms with Gasteiger partial charge in [0.05, 0.1) is 18.2 Å². The Labute approximate surface area is 220 Å². The van der Waals surface area contributed by atoms with Gasteiger partial charge >= 0.3 is 5.97 Å². The molecule has 1 fully saturated rings. The summed E-state index contributed by atoms with van der Waals surface area (Å²) in [6.45, 7) is 3.49. The highest BCUT2D eigenvalue weighted by Gasteiger charge is 2.31. The van der Waals surface area contributed by atoms with Gasteiger partial charge in [-0.25, -0.2) is 17.8 Å². The van der Waals surface area contributed by atoms with Crippen LogP contribution in [0.5, 0.6) is 11.5 Å². The Kier molecular flexibility index (Phi) is 8.50. The molecule has 2 unspecified atom stereocenters. The molecule has 0 bridgehead atoms. The summed E-state index contributed by atoms with van der Waals surface area (Å²) in [6, 6.07) is 8.61. The Morgan fingerprint density at radius 1 is 1.11 bits per heavy atom. The minimum Gasteiger partial charge on any atom is -0.492 e. The van der Waals surface area contributed by atoms with Crippen molar-refractivity contribution in [2.24, 2.45) is 11.8 Å². The number of aliphatic carboxylic acids is 1. The van der Waals surface area contributed by atoms with E-state index in [4.69, 9.17) is 14.0 Å². The number of rotatable bonds is 11. The van der Waals surface area contributed by atoms with Gasteiger partial charge in [0.25, 0.3) is 0 Å². The number of ether oxygens (including phenoxy) is 2. The third kappa shape index (κ3) is 6.80. The van der Waals surface area contributed by atoms with Gasteiger partial charge in [-0.1, -0.05) is 18.0 Å².